The average Bonchev–Trinajstić information content (AvgIpc) is 3.24. The van der Waals surface area contributed by atoms with Crippen LogP contribution in [0.3, 0.4) is 0 Å². The second-order valence-corrected chi connectivity index (χ2v) is 7.81. The second kappa shape index (κ2) is 7.52. The van der Waals surface area contributed by atoms with Gasteiger partial charge in [0.2, 0.25) is 11.8 Å². The summed E-state index contributed by atoms with van der Waals surface area (Å²) in [6.07, 6.45) is 6.86. The lowest BCUT2D eigenvalue weighted by Gasteiger charge is -2.32. The third kappa shape index (κ3) is 3.88. The summed E-state index contributed by atoms with van der Waals surface area (Å²) in [4.78, 5) is 31.7. The van der Waals surface area contributed by atoms with Crippen LogP contribution in [0.4, 0.5) is 5.69 Å². The van der Waals surface area contributed by atoms with Gasteiger partial charge in [0, 0.05) is 54.5 Å². The van der Waals surface area contributed by atoms with Crippen LogP contribution in [0.25, 0.3) is 16.2 Å². The predicted octanol–water partition coefficient (Wildman–Crippen LogP) is 3.79. The van der Waals surface area contributed by atoms with Gasteiger partial charge in [0.05, 0.1) is 5.69 Å². The molecule has 1 N–H and O–H groups in total. The Bertz CT molecular complexity index is 931. The Balaban J connectivity index is 1.37. The lowest BCUT2D eigenvalue weighted by molar-refractivity contribution is -0.136. The number of rotatable bonds is 5. The molecule has 2 aromatic heterocycles. The van der Waals surface area contributed by atoms with Crippen molar-refractivity contribution in [2.75, 3.05) is 11.9 Å². The van der Waals surface area contributed by atoms with E-state index in [2.05, 4.69) is 10.3 Å². The number of thiazole rings is 1. The molecule has 1 saturated heterocycles. The third-order valence-corrected chi connectivity index (χ3v) is 5.70. The van der Waals surface area contributed by atoms with Gasteiger partial charge in [-0.05, 0) is 31.9 Å². The number of carbonyl (C=O) groups excluding carboxylic acids is 2. The molecule has 1 fully saturated rings. The number of hydrogen-bond donors (Lipinski definition) is 1. The zero-order valence-electron chi connectivity index (χ0n) is 15.2. The molecule has 3 heterocycles. The van der Waals surface area contributed by atoms with Crippen LogP contribution in [-0.2, 0) is 9.59 Å². The Morgan fingerprint density at radius 2 is 2.11 bits per heavy atom. The first kappa shape index (κ1) is 17.7. The molecule has 3 aromatic rings. The summed E-state index contributed by atoms with van der Waals surface area (Å²) in [6.45, 7) is 2.69. The van der Waals surface area contributed by atoms with E-state index in [9.17, 15) is 9.59 Å². The maximum Gasteiger partial charge on any atom is 0.226 e. The Hall–Kier alpha value is -2.67. The van der Waals surface area contributed by atoms with Crippen molar-refractivity contribution in [3.8, 4) is 11.3 Å². The molecule has 140 valence electrons. The fourth-order valence-electron chi connectivity index (χ4n) is 3.47. The molecule has 27 heavy (non-hydrogen) atoms. The number of nitrogens with zero attached hydrogens (tertiary/aromatic N) is 3. The summed E-state index contributed by atoms with van der Waals surface area (Å²) in [5.74, 6) is 0.0852. The van der Waals surface area contributed by atoms with E-state index >= 15 is 0 Å². The predicted molar refractivity (Wildman–Crippen MR) is 107 cm³/mol. The molecule has 0 bridgehead atoms. The highest BCUT2D eigenvalue weighted by molar-refractivity contribution is 7.15. The molecule has 1 aromatic carbocycles. The van der Waals surface area contributed by atoms with E-state index in [-0.39, 0.29) is 17.9 Å². The van der Waals surface area contributed by atoms with Gasteiger partial charge >= 0.3 is 0 Å². The fraction of sp³-hybridized carbons (Fsp3) is 0.350. The Morgan fingerprint density at radius 3 is 2.85 bits per heavy atom. The Kier molecular flexibility index (Phi) is 4.94. The molecule has 0 radical (unpaired) electrons. The SMILES string of the molecule is C[C@H](CC(=O)Nc1ccc(-c2cn3ccsc3n2)cc1)N1CCCCC1=O. The molecule has 1 aliphatic heterocycles. The van der Waals surface area contributed by atoms with Crippen molar-refractivity contribution in [3.05, 3.63) is 42.0 Å². The highest BCUT2D eigenvalue weighted by Gasteiger charge is 2.24. The second-order valence-electron chi connectivity index (χ2n) is 6.94. The van der Waals surface area contributed by atoms with Gasteiger partial charge in [-0.15, -0.1) is 11.3 Å². The average molecular weight is 382 g/mol. The lowest BCUT2D eigenvalue weighted by atomic mass is 10.1. The zero-order chi connectivity index (χ0) is 18.8. The molecule has 7 heteroatoms. The number of amides is 2. The fourth-order valence-corrected chi connectivity index (χ4v) is 4.17. The van der Waals surface area contributed by atoms with Crippen molar-refractivity contribution < 1.29 is 9.59 Å². The molecule has 4 rings (SSSR count). The Labute approximate surface area is 161 Å². The molecule has 0 spiro atoms. The smallest absolute Gasteiger partial charge is 0.226 e. The molecule has 0 unspecified atom stereocenters. The number of hydrogen-bond acceptors (Lipinski definition) is 4. The first-order valence-electron chi connectivity index (χ1n) is 9.22. The summed E-state index contributed by atoms with van der Waals surface area (Å²) in [5.41, 5.74) is 2.68. The number of nitrogens with one attached hydrogen (secondary N) is 1. The molecule has 0 saturated carbocycles. The number of likely N-dealkylation sites (tertiary alicyclic amines) is 1. The molecule has 2 amide bonds. The van der Waals surface area contributed by atoms with E-state index < -0.39 is 0 Å². The van der Waals surface area contributed by atoms with Gasteiger partial charge in [-0.3, -0.25) is 14.0 Å². The molecule has 0 aliphatic carbocycles. The third-order valence-electron chi connectivity index (χ3n) is 4.93. The number of carbonyl (C=O) groups is 2. The summed E-state index contributed by atoms with van der Waals surface area (Å²) in [7, 11) is 0. The van der Waals surface area contributed by atoms with Crippen LogP contribution < -0.4 is 5.32 Å². The molecular weight excluding hydrogens is 360 g/mol. The van der Waals surface area contributed by atoms with Crippen molar-refractivity contribution in [2.24, 2.45) is 0 Å². The monoisotopic (exact) mass is 382 g/mol. The maximum atomic E-state index is 12.3. The number of anilines is 1. The number of imidazole rings is 1. The van der Waals surface area contributed by atoms with E-state index in [4.69, 9.17) is 0 Å². The van der Waals surface area contributed by atoms with Crippen LogP contribution in [0.1, 0.15) is 32.6 Å². The van der Waals surface area contributed by atoms with Crippen LogP contribution in [0, 0.1) is 0 Å². The number of benzene rings is 1. The largest absolute Gasteiger partial charge is 0.339 e. The first-order valence-corrected chi connectivity index (χ1v) is 10.1. The van der Waals surface area contributed by atoms with Gasteiger partial charge in [-0.25, -0.2) is 4.98 Å². The van der Waals surface area contributed by atoms with Crippen molar-refractivity contribution >= 4 is 33.8 Å². The molecule has 6 nitrogen and oxygen atoms in total. The number of aromatic nitrogens is 2. The van der Waals surface area contributed by atoms with E-state index in [1.54, 1.807) is 11.3 Å². The molecular formula is C20H22N4O2S. The van der Waals surface area contributed by atoms with E-state index in [1.165, 1.54) is 0 Å². The number of fused-ring (bicyclic) bond motifs is 1. The van der Waals surface area contributed by atoms with Crippen LogP contribution in [0.15, 0.2) is 42.0 Å². The zero-order valence-corrected chi connectivity index (χ0v) is 16.0. The van der Waals surface area contributed by atoms with Crippen molar-refractivity contribution in [3.63, 3.8) is 0 Å². The highest BCUT2D eigenvalue weighted by Crippen LogP contribution is 2.23. The van der Waals surface area contributed by atoms with Crippen LogP contribution in [0.5, 0.6) is 0 Å². The van der Waals surface area contributed by atoms with Gasteiger partial charge in [0.25, 0.3) is 0 Å². The Morgan fingerprint density at radius 1 is 1.30 bits per heavy atom. The maximum absolute atomic E-state index is 12.3. The minimum atomic E-state index is -0.0736. The minimum absolute atomic E-state index is 0.0730. The van der Waals surface area contributed by atoms with Crippen molar-refractivity contribution in [1.29, 1.82) is 0 Å². The molecule has 1 atom stereocenters. The number of piperidine rings is 1. The van der Waals surface area contributed by atoms with Crippen molar-refractivity contribution in [1.82, 2.24) is 14.3 Å². The quantitative estimate of drug-likeness (QED) is 0.730. The lowest BCUT2D eigenvalue weighted by Crippen LogP contribution is -2.43. The van der Waals surface area contributed by atoms with Crippen LogP contribution in [-0.4, -0.2) is 38.7 Å². The topological polar surface area (TPSA) is 66.7 Å². The van der Waals surface area contributed by atoms with E-state index in [0.29, 0.717) is 12.8 Å². The summed E-state index contributed by atoms with van der Waals surface area (Å²) in [5, 5.41) is 4.93. The van der Waals surface area contributed by atoms with Gasteiger partial charge in [0.15, 0.2) is 4.96 Å². The normalized spacial score (nSPS) is 15.9. The molecule has 1 aliphatic rings. The highest BCUT2D eigenvalue weighted by atomic mass is 32.1. The van der Waals surface area contributed by atoms with Gasteiger partial charge in [-0.2, -0.15) is 0 Å². The van der Waals surface area contributed by atoms with Crippen LogP contribution in [0.2, 0.25) is 0 Å². The van der Waals surface area contributed by atoms with E-state index in [1.807, 2.05) is 58.3 Å². The summed E-state index contributed by atoms with van der Waals surface area (Å²) < 4.78 is 2.00. The van der Waals surface area contributed by atoms with Crippen LogP contribution >= 0.6 is 11.3 Å². The minimum Gasteiger partial charge on any atom is -0.339 e. The first-order chi connectivity index (χ1) is 13.1. The standard InChI is InChI=1S/C20H22N4O2S/c1-14(24-9-3-2-4-19(24)26)12-18(25)21-16-7-5-15(6-8-16)17-13-23-10-11-27-20(23)22-17/h5-8,10-11,13-14H,2-4,9,12H2,1H3,(H,21,25)/t14-/m1/s1. The summed E-state index contributed by atoms with van der Waals surface area (Å²) in [6, 6.07) is 7.61. The van der Waals surface area contributed by atoms with Gasteiger partial charge in [-0.1, -0.05) is 12.1 Å². The van der Waals surface area contributed by atoms with Gasteiger partial charge in [0.1, 0.15) is 0 Å². The summed E-state index contributed by atoms with van der Waals surface area (Å²) >= 11 is 1.60. The van der Waals surface area contributed by atoms with E-state index in [0.717, 1.165) is 41.3 Å². The van der Waals surface area contributed by atoms with Gasteiger partial charge < -0.3 is 10.2 Å². The van der Waals surface area contributed by atoms with Crippen molar-refractivity contribution in [2.45, 2.75) is 38.6 Å².